The van der Waals surface area contributed by atoms with Crippen LogP contribution in [0.25, 0.3) is 17.4 Å². The summed E-state index contributed by atoms with van der Waals surface area (Å²) >= 11 is 0. The summed E-state index contributed by atoms with van der Waals surface area (Å²) in [5.41, 5.74) is 2.71. The monoisotopic (exact) mass is 429 g/mol. The first-order chi connectivity index (χ1) is 15.7. The number of likely N-dealkylation sites (tertiary alicyclic amines) is 1. The normalized spacial score (nSPS) is 18.6. The van der Waals surface area contributed by atoms with E-state index in [0.29, 0.717) is 29.3 Å². The molecular weight excluding hydrogens is 406 g/mol. The van der Waals surface area contributed by atoms with Gasteiger partial charge in [-0.2, -0.15) is 15.0 Å². The van der Waals surface area contributed by atoms with Gasteiger partial charge in [0.15, 0.2) is 0 Å². The fourth-order valence-corrected chi connectivity index (χ4v) is 4.08. The van der Waals surface area contributed by atoms with Crippen LogP contribution < -0.4 is 4.74 Å². The molecule has 162 valence electrons. The van der Waals surface area contributed by atoms with Crippen LogP contribution in [0.3, 0.4) is 0 Å². The summed E-state index contributed by atoms with van der Waals surface area (Å²) < 4.78 is 8.13. The highest BCUT2D eigenvalue weighted by molar-refractivity contribution is 5.98. The standard InChI is InChI=1S/C23H23N7O2/c1-3-17-14-25-21-22(24-12-13-28(17)21)32-18-9-8-16(2)29(15-18)23(31)19-6-4-5-7-20(19)30-26-10-11-27-30/h3-7,10-14,16,18H,1,8-9,15H2,2H3/t16-,18-/m1/s1. The number of hydrogen-bond donors (Lipinski definition) is 0. The SMILES string of the molecule is C=Cc1cnc2c(O[C@@H]3CC[C@@H](C)N(C(=O)c4ccccc4-n4nccn4)C3)nccn12. The van der Waals surface area contributed by atoms with Crippen LogP contribution in [0, 0.1) is 0 Å². The van der Waals surface area contributed by atoms with Crippen LogP contribution in [-0.2, 0) is 0 Å². The third-order valence-electron chi connectivity index (χ3n) is 5.78. The van der Waals surface area contributed by atoms with E-state index in [1.165, 1.54) is 4.80 Å². The second-order valence-corrected chi connectivity index (χ2v) is 7.77. The summed E-state index contributed by atoms with van der Waals surface area (Å²) in [6, 6.07) is 7.46. The molecule has 0 spiro atoms. The number of para-hydroxylation sites is 1. The first-order valence-corrected chi connectivity index (χ1v) is 10.5. The summed E-state index contributed by atoms with van der Waals surface area (Å²) in [5, 5.41) is 8.38. The molecule has 0 N–H and O–H groups in total. The number of amides is 1. The fraction of sp³-hybridized carbons (Fsp3) is 0.261. The van der Waals surface area contributed by atoms with Crippen molar-refractivity contribution in [1.82, 2.24) is 34.3 Å². The van der Waals surface area contributed by atoms with Crippen LogP contribution in [0.5, 0.6) is 5.88 Å². The second kappa shape index (κ2) is 8.26. The van der Waals surface area contributed by atoms with Crippen molar-refractivity contribution >= 4 is 17.6 Å². The zero-order chi connectivity index (χ0) is 22.1. The lowest BCUT2D eigenvalue weighted by Gasteiger charge is -2.38. The highest BCUT2D eigenvalue weighted by Crippen LogP contribution is 2.26. The van der Waals surface area contributed by atoms with Crippen molar-refractivity contribution in [1.29, 1.82) is 0 Å². The van der Waals surface area contributed by atoms with Gasteiger partial charge >= 0.3 is 0 Å². The van der Waals surface area contributed by atoms with Crippen molar-refractivity contribution in [2.24, 2.45) is 0 Å². The molecule has 1 aliphatic rings. The lowest BCUT2D eigenvalue weighted by atomic mass is 9.99. The van der Waals surface area contributed by atoms with Crippen LogP contribution in [0.4, 0.5) is 0 Å². The average Bonchev–Trinajstić information content (AvgIpc) is 3.50. The van der Waals surface area contributed by atoms with Gasteiger partial charge in [0.25, 0.3) is 11.8 Å². The summed E-state index contributed by atoms with van der Waals surface area (Å²) in [5.74, 6) is 0.383. The molecule has 0 radical (unpaired) electrons. The summed E-state index contributed by atoms with van der Waals surface area (Å²) in [4.78, 5) is 25.7. The van der Waals surface area contributed by atoms with E-state index < -0.39 is 0 Å². The highest BCUT2D eigenvalue weighted by atomic mass is 16.5. The molecule has 0 unspecified atom stereocenters. The molecule has 9 nitrogen and oxygen atoms in total. The van der Waals surface area contributed by atoms with Gasteiger partial charge in [0, 0.05) is 18.4 Å². The lowest BCUT2D eigenvalue weighted by molar-refractivity contribution is 0.0375. The molecule has 0 aliphatic carbocycles. The summed E-state index contributed by atoms with van der Waals surface area (Å²) in [6.07, 6.45) is 11.6. The molecule has 0 saturated carbocycles. The Kier molecular flexibility index (Phi) is 5.14. The number of ether oxygens (including phenoxy) is 1. The molecule has 1 saturated heterocycles. The Hall–Kier alpha value is -4.01. The number of fused-ring (bicyclic) bond motifs is 1. The Balaban J connectivity index is 1.40. The molecule has 0 bridgehead atoms. The zero-order valence-corrected chi connectivity index (χ0v) is 17.7. The number of aromatic nitrogens is 6. The number of hydrogen-bond acceptors (Lipinski definition) is 6. The van der Waals surface area contributed by atoms with Crippen molar-refractivity contribution in [2.75, 3.05) is 6.54 Å². The second-order valence-electron chi connectivity index (χ2n) is 7.77. The van der Waals surface area contributed by atoms with Crippen LogP contribution in [0.1, 0.15) is 35.8 Å². The van der Waals surface area contributed by atoms with E-state index in [-0.39, 0.29) is 18.1 Å². The number of benzene rings is 1. The zero-order valence-electron chi connectivity index (χ0n) is 17.7. The molecular formula is C23H23N7O2. The molecule has 5 rings (SSSR count). The lowest BCUT2D eigenvalue weighted by Crippen LogP contribution is -2.49. The van der Waals surface area contributed by atoms with E-state index in [0.717, 1.165) is 18.5 Å². The van der Waals surface area contributed by atoms with Crippen LogP contribution in [0.2, 0.25) is 0 Å². The van der Waals surface area contributed by atoms with Gasteiger partial charge < -0.3 is 9.64 Å². The molecule has 4 aromatic rings. The Bertz CT molecular complexity index is 1260. The van der Waals surface area contributed by atoms with Gasteiger partial charge in [0.05, 0.1) is 42.1 Å². The third kappa shape index (κ3) is 3.51. The Morgan fingerprint density at radius 2 is 1.97 bits per heavy atom. The van der Waals surface area contributed by atoms with Crippen molar-refractivity contribution in [3.05, 3.63) is 73.1 Å². The number of imidazole rings is 1. The Labute approximate surface area is 185 Å². The maximum absolute atomic E-state index is 13.5. The molecule has 2 atom stereocenters. The van der Waals surface area contributed by atoms with Crippen molar-refractivity contribution in [2.45, 2.75) is 31.9 Å². The number of piperidine rings is 1. The summed E-state index contributed by atoms with van der Waals surface area (Å²) in [7, 11) is 0. The van der Waals surface area contributed by atoms with Gasteiger partial charge in [-0.05, 0) is 38.0 Å². The first kappa shape index (κ1) is 19.9. The van der Waals surface area contributed by atoms with Gasteiger partial charge in [-0.25, -0.2) is 9.97 Å². The Morgan fingerprint density at radius 3 is 2.78 bits per heavy atom. The molecule has 3 aromatic heterocycles. The van der Waals surface area contributed by atoms with E-state index in [4.69, 9.17) is 4.74 Å². The largest absolute Gasteiger partial charge is 0.470 e. The van der Waals surface area contributed by atoms with Gasteiger partial charge in [-0.1, -0.05) is 18.7 Å². The fourth-order valence-electron chi connectivity index (χ4n) is 4.08. The third-order valence-corrected chi connectivity index (χ3v) is 5.78. The maximum Gasteiger partial charge on any atom is 0.258 e. The van der Waals surface area contributed by atoms with Gasteiger partial charge in [0.1, 0.15) is 6.10 Å². The molecule has 1 aliphatic heterocycles. The van der Waals surface area contributed by atoms with E-state index in [1.807, 2.05) is 39.8 Å². The number of rotatable bonds is 5. The molecule has 1 aromatic carbocycles. The number of carbonyl (C=O) groups is 1. The van der Waals surface area contributed by atoms with Crippen molar-refractivity contribution < 1.29 is 9.53 Å². The summed E-state index contributed by atoms with van der Waals surface area (Å²) in [6.45, 7) is 6.33. The van der Waals surface area contributed by atoms with E-state index in [9.17, 15) is 4.79 Å². The molecule has 4 heterocycles. The maximum atomic E-state index is 13.5. The first-order valence-electron chi connectivity index (χ1n) is 10.5. The van der Waals surface area contributed by atoms with E-state index in [2.05, 4.69) is 33.7 Å². The molecule has 1 fully saturated rings. The van der Waals surface area contributed by atoms with Crippen LogP contribution >= 0.6 is 0 Å². The topological polar surface area (TPSA) is 90.4 Å². The van der Waals surface area contributed by atoms with E-state index in [1.54, 1.807) is 30.9 Å². The predicted molar refractivity (Wildman–Crippen MR) is 119 cm³/mol. The molecule has 9 heteroatoms. The van der Waals surface area contributed by atoms with Crippen LogP contribution in [-0.4, -0.2) is 58.9 Å². The number of nitrogens with zero attached hydrogens (tertiary/aromatic N) is 7. The van der Waals surface area contributed by atoms with Gasteiger partial charge in [-0.15, -0.1) is 0 Å². The minimum atomic E-state index is -0.187. The quantitative estimate of drug-likeness (QED) is 0.484. The van der Waals surface area contributed by atoms with Crippen LogP contribution in [0.15, 0.2) is 61.8 Å². The minimum absolute atomic E-state index is 0.0698. The smallest absolute Gasteiger partial charge is 0.258 e. The van der Waals surface area contributed by atoms with Crippen molar-refractivity contribution in [3.63, 3.8) is 0 Å². The molecule has 32 heavy (non-hydrogen) atoms. The predicted octanol–water partition coefficient (Wildman–Crippen LogP) is 3.03. The van der Waals surface area contributed by atoms with Gasteiger partial charge in [0.2, 0.25) is 5.65 Å². The van der Waals surface area contributed by atoms with Crippen molar-refractivity contribution in [3.8, 4) is 11.6 Å². The average molecular weight is 429 g/mol. The minimum Gasteiger partial charge on any atom is -0.470 e. The molecule has 1 amide bonds. The van der Waals surface area contributed by atoms with E-state index >= 15 is 0 Å². The Morgan fingerprint density at radius 1 is 1.16 bits per heavy atom. The highest BCUT2D eigenvalue weighted by Gasteiger charge is 2.32. The number of carbonyl (C=O) groups excluding carboxylic acids is 1. The van der Waals surface area contributed by atoms with Gasteiger partial charge in [-0.3, -0.25) is 9.20 Å².